The average Bonchev–Trinajstić information content (AvgIpc) is 2.46. The van der Waals surface area contributed by atoms with Gasteiger partial charge >= 0.3 is 0 Å². The number of nitrogens with zero attached hydrogens (tertiary/aromatic N) is 3. The second-order valence-corrected chi connectivity index (χ2v) is 5.87. The van der Waals surface area contributed by atoms with Crippen molar-refractivity contribution in [2.75, 3.05) is 13.1 Å². The van der Waals surface area contributed by atoms with Gasteiger partial charge in [0.25, 0.3) is 5.91 Å². The second-order valence-electron chi connectivity index (χ2n) is 5.87. The number of carbonyl (C=O) groups is 1. The minimum atomic E-state index is -0.0634. The molecule has 2 rings (SSSR count). The highest BCUT2D eigenvalue weighted by atomic mass is 16.4. The summed E-state index contributed by atoms with van der Waals surface area (Å²) in [6.45, 7) is 5.96. The van der Waals surface area contributed by atoms with E-state index in [1.54, 1.807) is 12.1 Å². The minimum absolute atomic E-state index is 0.0174. The topological polar surface area (TPSA) is 91.8 Å². The number of pyridine rings is 1. The lowest BCUT2D eigenvalue weighted by molar-refractivity contribution is 0.0624. The van der Waals surface area contributed by atoms with Crippen LogP contribution < -0.4 is 5.73 Å². The van der Waals surface area contributed by atoms with E-state index in [4.69, 9.17) is 10.9 Å². The Morgan fingerprint density at radius 2 is 2.05 bits per heavy atom. The summed E-state index contributed by atoms with van der Waals surface area (Å²) in [5.41, 5.74) is 6.64. The fourth-order valence-electron chi connectivity index (χ4n) is 2.21. The summed E-state index contributed by atoms with van der Waals surface area (Å²) in [4.78, 5) is 18.2. The predicted molar refractivity (Wildman–Crippen MR) is 75.7 cm³/mol. The van der Waals surface area contributed by atoms with Gasteiger partial charge in [0.15, 0.2) is 5.84 Å². The van der Waals surface area contributed by atoms with Crippen molar-refractivity contribution >= 4 is 11.7 Å². The number of nitrogens with two attached hydrogens (primary N) is 1. The number of hydrogen-bond acceptors (Lipinski definition) is 4. The number of amidine groups is 1. The second kappa shape index (κ2) is 5.48. The van der Waals surface area contributed by atoms with Gasteiger partial charge in [0.1, 0.15) is 5.69 Å². The van der Waals surface area contributed by atoms with E-state index in [1.807, 2.05) is 4.90 Å². The summed E-state index contributed by atoms with van der Waals surface area (Å²) in [6.07, 6.45) is 3.44. The van der Waals surface area contributed by atoms with Gasteiger partial charge in [-0.05, 0) is 30.4 Å². The predicted octanol–water partition coefficient (Wildman–Crippen LogP) is 1.44. The molecule has 1 fully saturated rings. The van der Waals surface area contributed by atoms with Gasteiger partial charge in [-0.2, -0.15) is 0 Å². The molecular weight excluding hydrogens is 256 g/mol. The molecule has 6 heteroatoms. The monoisotopic (exact) mass is 276 g/mol. The van der Waals surface area contributed by atoms with Crippen molar-refractivity contribution in [1.29, 1.82) is 0 Å². The lowest BCUT2D eigenvalue weighted by Gasteiger charge is -2.36. The molecule has 1 amide bonds. The molecule has 0 bridgehead atoms. The quantitative estimate of drug-likeness (QED) is 0.370. The maximum Gasteiger partial charge on any atom is 0.272 e. The Bertz CT molecular complexity index is 512. The first-order chi connectivity index (χ1) is 9.43. The van der Waals surface area contributed by atoms with Crippen LogP contribution in [0.15, 0.2) is 23.5 Å². The zero-order chi connectivity index (χ0) is 14.8. The largest absolute Gasteiger partial charge is 0.409 e. The van der Waals surface area contributed by atoms with E-state index in [0.717, 1.165) is 25.9 Å². The summed E-state index contributed by atoms with van der Waals surface area (Å²) in [7, 11) is 0. The Kier molecular flexibility index (Phi) is 3.92. The van der Waals surface area contributed by atoms with Gasteiger partial charge in [0.2, 0.25) is 0 Å². The number of carbonyl (C=O) groups excluding carboxylic acids is 1. The Labute approximate surface area is 118 Å². The molecule has 0 spiro atoms. The van der Waals surface area contributed by atoms with E-state index in [9.17, 15) is 4.79 Å². The first-order valence-corrected chi connectivity index (χ1v) is 6.66. The number of aromatic nitrogens is 1. The molecule has 20 heavy (non-hydrogen) atoms. The van der Waals surface area contributed by atoms with E-state index < -0.39 is 0 Å². The summed E-state index contributed by atoms with van der Waals surface area (Å²) in [5, 5.41) is 11.5. The van der Waals surface area contributed by atoms with Crippen LogP contribution in [0.3, 0.4) is 0 Å². The molecule has 0 unspecified atom stereocenters. The summed E-state index contributed by atoms with van der Waals surface area (Å²) < 4.78 is 0. The SMILES string of the molecule is CC1(C)CCN(C(=O)c2ccc(C(N)=NO)cn2)CC1. The normalized spacial score (nSPS) is 18.9. The van der Waals surface area contributed by atoms with Crippen LogP contribution in [0.2, 0.25) is 0 Å². The highest BCUT2D eigenvalue weighted by Gasteiger charge is 2.28. The zero-order valence-corrected chi connectivity index (χ0v) is 11.8. The standard InChI is InChI=1S/C14H20N4O2/c1-14(2)5-7-18(8-6-14)13(19)11-4-3-10(9-16-11)12(15)17-20/h3-4,9,20H,5-8H2,1-2H3,(H2,15,17). The third kappa shape index (κ3) is 3.07. The molecule has 2 heterocycles. The van der Waals surface area contributed by atoms with Gasteiger partial charge in [-0.1, -0.05) is 19.0 Å². The van der Waals surface area contributed by atoms with E-state index in [1.165, 1.54) is 6.20 Å². The van der Waals surface area contributed by atoms with Crippen LogP contribution in [0, 0.1) is 5.41 Å². The zero-order valence-electron chi connectivity index (χ0n) is 11.8. The number of piperidine rings is 1. The van der Waals surface area contributed by atoms with E-state index in [-0.39, 0.29) is 11.7 Å². The molecule has 6 nitrogen and oxygen atoms in total. The smallest absolute Gasteiger partial charge is 0.272 e. The summed E-state index contributed by atoms with van der Waals surface area (Å²) in [6, 6.07) is 3.23. The molecule has 108 valence electrons. The number of likely N-dealkylation sites (tertiary alicyclic amines) is 1. The molecule has 1 aromatic heterocycles. The number of oxime groups is 1. The highest BCUT2D eigenvalue weighted by Crippen LogP contribution is 2.30. The van der Waals surface area contributed by atoms with Crippen LogP contribution in [0.4, 0.5) is 0 Å². The van der Waals surface area contributed by atoms with Crippen molar-refractivity contribution < 1.29 is 10.0 Å². The molecule has 0 saturated carbocycles. The molecule has 1 aromatic rings. The highest BCUT2D eigenvalue weighted by molar-refractivity contribution is 5.98. The third-order valence-electron chi connectivity index (χ3n) is 3.79. The molecule has 3 N–H and O–H groups in total. The lowest BCUT2D eigenvalue weighted by Crippen LogP contribution is -2.41. The van der Waals surface area contributed by atoms with Gasteiger partial charge in [-0.15, -0.1) is 0 Å². The van der Waals surface area contributed by atoms with Crippen molar-refractivity contribution in [3.63, 3.8) is 0 Å². The number of hydrogen-bond donors (Lipinski definition) is 2. The first kappa shape index (κ1) is 14.3. The Balaban J connectivity index is 2.07. The van der Waals surface area contributed by atoms with Crippen molar-refractivity contribution in [3.8, 4) is 0 Å². The van der Waals surface area contributed by atoms with E-state index >= 15 is 0 Å². The molecule has 0 atom stereocenters. The Morgan fingerprint density at radius 1 is 1.40 bits per heavy atom. The van der Waals surface area contributed by atoms with Gasteiger partial charge in [0, 0.05) is 24.8 Å². The first-order valence-electron chi connectivity index (χ1n) is 6.66. The summed E-state index contributed by atoms with van der Waals surface area (Å²) in [5.74, 6) is -0.0808. The molecule has 1 aliphatic heterocycles. The van der Waals surface area contributed by atoms with Crippen molar-refractivity contribution in [2.24, 2.45) is 16.3 Å². The number of rotatable bonds is 2. The maximum atomic E-state index is 12.3. The molecule has 1 saturated heterocycles. The Hall–Kier alpha value is -2.11. The Morgan fingerprint density at radius 3 is 2.55 bits per heavy atom. The lowest BCUT2D eigenvalue weighted by atomic mass is 9.82. The van der Waals surface area contributed by atoms with E-state index in [2.05, 4.69) is 24.0 Å². The molecular formula is C14H20N4O2. The van der Waals surface area contributed by atoms with Gasteiger partial charge < -0.3 is 15.8 Å². The van der Waals surface area contributed by atoms with Crippen LogP contribution in [-0.2, 0) is 0 Å². The van der Waals surface area contributed by atoms with Crippen molar-refractivity contribution in [1.82, 2.24) is 9.88 Å². The fraction of sp³-hybridized carbons (Fsp3) is 0.500. The van der Waals surface area contributed by atoms with Crippen molar-refractivity contribution in [2.45, 2.75) is 26.7 Å². The molecule has 0 aliphatic carbocycles. The summed E-state index contributed by atoms with van der Waals surface area (Å²) >= 11 is 0. The minimum Gasteiger partial charge on any atom is -0.409 e. The number of amides is 1. The fourth-order valence-corrected chi connectivity index (χ4v) is 2.21. The van der Waals surface area contributed by atoms with E-state index in [0.29, 0.717) is 16.7 Å². The third-order valence-corrected chi connectivity index (χ3v) is 3.79. The van der Waals surface area contributed by atoms with Crippen molar-refractivity contribution in [3.05, 3.63) is 29.6 Å². The molecule has 1 aliphatic rings. The van der Waals surface area contributed by atoms with Crippen LogP contribution >= 0.6 is 0 Å². The van der Waals surface area contributed by atoms with Crippen LogP contribution in [-0.4, -0.2) is 39.9 Å². The maximum absolute atomic E-state index is 12.3. The van der Waals surface area contributed by atoms with Gasteiger partial charge in [-0.3, -0.25) is 9.78 Å². The average molecular weight is 276 g/mol. The molecule has 0 aromatic carbocycles. The molecule has 0 radical (unpaired) electrons. The van der Waals surface area contributed by atoms with Crippen LogP contribution in [0.5, 0.6) is 0 Å². The van der Waals surface area contributed by atoms with Crippen LogP contribution in [0.25, 0.3) is 0 Å². The van der Waals surface area contributed by atoms with Crippen LogP contribution in [0.1, 0.15) is 42.7 Å². The van der Waals surface area contributed by atoms with Gasteiger partial charge in [-0.25, -0.2) is 0 Å². The van der Waals surface area contributed by atoms with Gasteiger partial charge in [0.05, 0.1) is 0 Å².